The number of hydrogen-bond acceptors (Lipinski definition) is 4. The zero-order valence-corrected chi connectivity index (χ0v) is 9.20. The standard InChI is InChI=1S/C12H10N4O/c1-16-10-6-13-5-3-9(10)15-12(16)8-2-4-14-7-11(8)17/h2-7,17H,1H3. The average Bonchev–Trinajstić information content (AvgIpc) is 2.68. The number of pyridine rings is 2. The van der Waals surface area contributed by atoms with E-state index in [0.717, 1.165) is 11.0 Å². The Balaban J connectivity index is 2.32. The summed E-state index contributed by atoms with van der Waals surface area (Å²) < 4.78 is 1.90. The quantitative estimate of drug-likeness (QED) is 0.686. The molecule has 5 nitrogen and oxygen atoms in total. The predicted octanol–water partition coefficient (Wildman–Crippen LogP) is 1.74. The van der Waals surface area contributed by atoms with Crippen molar-refractivity contribution in [1.82, 2.24) is 19.5 Å². The second kappa shape index (κ2) is 3.55. The molecule has 0 fully saturated rings. The van der Waals surface area contributed by atoms with Crippen LogP contribution >= 0.6 is 0 Å². The Labute approximate surface area is 97.4 Å². The van der Waals surface area contributed by atoms with Crippen LogP contribution in [0.5, 0.6) is 5.75 Å². The third kappa shape index (κ3) is 1.44. The van der Waals surface area contributed by atoms with Crippen molar-refractivity contribution in [3.63, 3.8) is 0 Å². The monoisotopic (exact) mass is 226 g/mol. The first-order valence-corrected chi connectivity index (χ1v) is 5.17. The number of aromatic nitrogens is 4. The normalized spacial score (nSPS) is 10.9. The maximum absolute atomic E-state index is 9.78. The van der Waals surface area contributed by atoms with E-state index in [1.54, 1.807) is 24.7 Å². The van der Waals surface area contributed by atoms with E-state index in [-0.39, 0.29) is 5.75 Å². The van der Waals surface area contributed by atoms with Crippen LogP contribution in [-0.4, -0.2) is 24.6 Å². The number of fused-ring (bicyclic) bond motifs is 1. The Morgan fingerprint density at radius 1 is 1.12 bits per heavy atom. The van der Waals surface area contributed by atoms with Gasteiger partial charge in [-0.15, -0.1) is 0 Å². The highest BCUT2D eigenvalue weighted by Gasteiger charge is 2.12. The molecule has 84 valence electrons. The summed E-state index contributed by atoms with van der Waals surface area (Å²) in [5.74, 6) is 0.826. The summed E-state index contributed by atoms with van der Waals surface area (Å²) in [6, 6.07) is 3.58. The molecule has 5 heteroatoms. The topological polar surface area (TPSA) is 63.8 Å². The maximum Gasteiger partial charge on any atom is 0.144 e. The predicted molar refractivity (Wildman–Crippen MR) is 63.4 cm³/mol. The summed E-state index contributed by atoms with van der Waals surface area (Å²) in [5, 5.41) is 9.78. The van der Waals surface area contributed by atoms with Gasteiger partial charge in [0.05, 0.1) is 29.0 Å². The Morgan fingerprint density at radius 2 is 1.88 bits per heavy atom. The lowest BCUT2D eigenvalue weighted by molar-refractivity contribution is 0.474. The Hall–Kier alpha value is -2.43. The van der Waals surface area contributed by atoms with Crippen molar-refractivity contribution in [2.75, 3.05) is 0 Å². The molecule has 0 spiro atoms. The molecule has 3 aromatic heterocycles. The second-order valence-corrected chi connectivity index (χ2v) is 3.75. The van der Waals surface area contributed by atoms with E-state index in [2.05, 4.69) is 15.0 Å². The van der Waals surface area contributed by atoms with Crippen molar-refractivity contribution in [2.24, 2.45) is 7.05 Å². The molecule has 3 heterocycles. The van der Waals surface area contributed by atoms with Gasteiger partial charge in [-0.05, 0) is 12.1 Å². The molecule has 17 heavy (non-hydrogen) atoms. The first-order valence-electron chi connectivity index (χ1n) is 5.17. The molecule has 0 atom stereocenters. The van der Waals surface area contributed by atoms with Gasteiger partial charge in [0.15, 0.2) is 0 Å². The summed E-state index contributed by atoms with van der Waals surface area (Å²) in [7, 11) is 1.90. The van der Waals surface area contributed by atoms with Gasteiger partial charge < -0.3 is 9.67 Å². The van der Waals surface area contributed by atoms with E-state index in [0.29, 0.717) is 11.4 Å². The Morgan fingerprint density at radius 3 is 2.65 bits per heavy atom. The van der Waals surface area contributed by atoms with Crippen molar-refractivity contribution in [3.8, 4) is 17.1 Å². The average molecular weight is 226 g/mol. The summed E-state index contributed by atoms with van der Waals surface area (Å²) in [6.07, 6.45) is 6.50. The smallest absolute Gasteiger partial charge is 0.144 e. The minimum Gasteiger partial charge on any atom is -0.506 e. The fraction of sp³-hybridized carbons (Fsp3) is 0.0833. The fourth-order valence-electron chi connectivity index (χ4n) is 1.85. The number of nitrogens with zero attached hydrogens (tertiary/aromatic N) is 4. The minimum atomic E-state index is 0.124. The third-order valence-electron chi connectivity index (χ3n) is 2.72. The van der Waals surface area contributed by atoms with Crippen LogP contribution in [0.1, 0.15) is 0 Å². The highest BCUT2D eigenvalue weighted by atomic mass is 16.3. The highest BCUT2D eigenvalue weighted by Crippen LogP contribution is 2.28. The van der Waals surface area contributed by atoms with E-state index in [1.165, 1.54) is 6.20 Å². The van der Waals surface area contributed by atoms with Crippen LogP contribution in [-0.2, 0) is 7.05 Å². The largest absolute Gasteiger partial charge is 0.506 e. The molecule has 0 aliphatic carbocycles. The molecular weight excluding hydrogens is 216 g/mol. The molecule has 0 amide bonds. The molecule has 0 unspecified atom stereocenters. The molecule has 0 saturated heterocycles. The van der Waals surface area contributed by atoms with Gasteiger partial charge in [0.2, 0.25) is 0 Å². The molecule has 1 N–H and O–H groups in total. The number of hydrogen-bond donors (Lipinski definition) is 1. The molecule has 0 aliphatic heterocycles. The van der Waals surface area contributed by atoms with Gasteiger partial charge in [-0.2, -0.15) is 0 Å². The third-order valence-corrected chi connectivity index (χ3v) is 2.72. The number of aromatic hydroxyl groups is 1. The first-order chi connectivity index (χ1) is 8.27. The molecule has 0 bridgehead atoms. The summed E-state index contributed by atoms with van der Waals surface area (Å²) in [5.41, 5.74) is 2.45. The van der Waals surface area contributed by atoms with Crippen LogP contribution in [0.4, 0.5) is 0 Å². The van der Waals surface area contributed by atoms with Crippen LogP contribution in [0.25, 0.3) is 22.4 Å². The van der Waals surface area contributed by atoms with E-state index in [4.69, 9.17) is 0 Å². The zero-order chi connectivity index (χ0) is 11.8. The molecule has 0 aromatic carbocycles. The number of imidazole rings is 1. The van der Waals surface area contributed by atoms with Crippen LogP contribution < -0.4 is 0 Å². The van der Waals surface area contributed by atoms with Gasteiger partial charge in [0.1, 0.15) is 11.6 Å². The molecule has 0 saturated carbocycles. The van der Waals surface area contributed by atoms with Crippen molar-refractivity contribution in [3.05, 3.63) is 36.9 Å². The lowest BCUT2D eigenvalue weighted by Crippen LogP contribution is -1.93. The van der Waals surface area contributed by atoms with Crippen molar-refractivity contribution in [1.29, 1.82) is 0 Å². The van der Waals surface area contributed by atoms with Crippen molar-refractivity contribution in [2.45, 2.75) is 0 Å². The van der Waals surface area contributed by atoms with Crippen LogP contribution in [0.3, 0.4) is 0 Å². The van der Waals surface area contributed by atoms with E-state index >= 15 is 0 Å². The SMILES string of the molecule is Cn1c(-c2ccncc2O)nc2ccncc21. The molecule has 3 aromatic rings. The lowest BCUT2D eigenvalue weighted by Gasteiger charge is -2.03. The van der Waals surface area contributed by atoms with Gasteiger partial charge in [0.25, 0.3) is 0 Å². The second-order valence-electron chi connectivity index (χ2n) is 3.75. The van der Waals surface area contributed by atoms with Gasteiger partial charge in [-0.25, -0.2) is 4.98 Å². The molecule has 0 radical (unpaired) electrons. The van der Waals surface area contributed by atoms with Crippen LogP contribution in [0.2, 0.25) is 0 Å². The maximum atomic E-state index is 9.78. The minimum absolute atomic E-state index is 0.124. The van der Waals surface area contributed by atoms with Crippen molar-refractivity contribution >= 4 is 11.0 Å². The van der Waals surface area contributed by atoms with E-state index < -0.39 is 0 Å². The van der Waals surface area contributed by atoms with Gasteiger partial charge in [-0.3, -0.25) is 9.97 Å². The summed E-state index contributed by atoms with van der Waals surface area (Å²) in [6.45, 7) is 0. The molecular formula is C12H10N4O. The molecule has 0 aliphatic rings. The Kier molecular flexibility index (Phi) is 2.04. The molecule has 3 rings (SSSR count). The van der Waals surface area contributed by atoms with E-state index in [9.17, 15) is 5.11 Å². The summed E-state index contributed by atoms with van der Waals surface area (Å²) >= 11 is 0. The zero-order valence-electron chi connectivity index (χ0n) is 9.20. The number of aryl methyl sites for hydroxylation is 1. The van der Waals surface area contributed by atoms with Gasteiger partial charge in [-0.1, -0.05) is 0 Å². The fourth-order valence-corrected chi connectivity index (χ4v) is 1.85. The number of rotatable bonds is 1. The van der Waals surface area contributed by atoms with E-state index in [1.807, 2.05) is 17.7 Å². The Bertz CT molecular complexity index is 690. The van der Waals surface area contributed by atoms with Crippen LogP contribution in [0, 0.1) is 0 Å². The first kappa shape index (κ1) is 9.77. The summed E-state index contributed by atoms with van der Waals surface area (Å²) in [4.78, 5) is 12.4. The lowest BCUT2D eigenvalue weighted by atomic mass is 10.2. The van der Waals surface area contributed by atoms with Crippen LogP contribution in [0.15, 0.2) is 36.9 Å². The van der Waals surface area contributed by atoms with Crippen molar-refractivity contribution < 1.29 is 5.11 Å². The van der Waals surface area contributed by atoms with Gasteiger partial charge >= 0.3 is 0 Å². The van der Waals surface area contributed by atoms with Gasteiger partial charge in [0, 0.05) is 19.4 Å². The highest BCUT2D eigenvalue weighted by molar-refractivity contribution is 5.80.